The molecule has 2 aromatic rings. The number of benzene rings is 2. The molecule has 0 unspecified atom stereocenters. The Morgan fingerprint density at radius 3 is 2.42 bits per heavy atom. The summed E-state index contributed by atoms with van der Waals surface area (Å²) in [6, 6.07) is 15.9. The number of carbonyl (C=O) groups is 3. The number of anilines is 1. The van der Waals surface area contributed by atoms with Crippen LogP contribution in [0.5, 0.6) is 0 Å². The Morgan fingerprint density at radius 1 is 1.04 bits per heavy atom. The molecule has 1 fully saturated rings. The van der Waals surface area contributed by atoms with Crippen LogP contribution in [0.1, 0.15) is 28.8 Å². The number of carbonyl (C=O) groups excluding carboxylic acids is 3. The van der Waals surface area contributed by atoms with Gasteiger partial charge in [-0.05, 0) is 36.2 Å². The summed E-state index contributed by atoms with van der Waals surface area (Å²) in [6.07, 6.45) is 1.50. The lowest BCUT2D eigenvalue weighted by molar-refractivity contribution is -0.128. The Morgan fingerprint density at radius 2 is 1.77 bits per heavy atom. The normalized spacial score (nSPS) is 13.5. The lowest BCUT2D eigenvalue weighted by atomic mass is 10.1. The highest BCUT2D eigenvalue weighted by Gasteiger charge is 2.20. The molecule has 26 heavy (non-hydrogen) atoms. The number of rotatable bonds is 6. The fourth-order valence-corrected chi connectivity index (χ4v) is 2.77. The van der Waals surface area contributed by atoms with Crippen LogP contribution in [0.25, 0.3) is 0 Å². The zero-order chi connectivity index (χ0) is 18.4. The van der Waals surface area contributed by atoms with Gasteiger partial charge >= 0.3 is 5.97 Å². The maximum Gasteiger partial charge on any atom is 0.338 e. The summed E-state index contributed by atoms with van der Waals surface area (Å²) < 4.78 is 5.04. The van der Waals surface area contributed by atoms with E-state index in [0.717, 1.165) is 18.5 Å². The molecular formula is C20H20N2O4. The number of esters is 1. The summed E-state index contributed by atoms with van der Waals surface area (Å²) in [7, 11) is 0. The first-order valence-electron chi connectivity index (χ1n) is 8.50. The van der Waals surface area contributed by atoms with Gasteiger partial charge in [-0.3, -0.25) is 9.59 Å². The number of hydrogen-bond acceptors (Lipinski definition) is 4. The molecule has 6 heteroatoms. The molecule has 1 aliphatic rings. The second-order valence-corrected chi connectivity index (χ2v) is 6.11. The fourth-order valence-electron chi connectivity index (χ4n) is 2.77. The highest BCUT2D eigenvalue weighted by Crippen LogP contribution is 2.15. The number of ether oxygens (including phenoxy) is 1. The zero-order valence-electron chi connectivity index (χ0n) is 14.3. The van der Waals surface area contributed by atoms with Crippen LogP contribution in [0.4, 0.5) is 5.69 Å². The SMILES string of the molecule is O=C(COC(=O)c1ccc(CN2CCCC2=O)cc1)Nc1ccccc1. The van der Waals surface area contributed by atoms with Crippen molar-refractivity contribution in [3.8, 4) is 0 Å². The molecule has 134 valence electrons. The van der Waals surface area contributed by atoms with Crippen LogP contribution in [0.15, 0.2) is 54.6 Å². The van der Waals surface area contributed by atoms with Gasteiger partial charge in [0.2, 0.25) is 5.91 Å². The van der Waals surface area contributed by atoms with Crippen molar-refractivity contribution in [2.45, 2.75) is 19.4 Å². The van der Waals surface area contributed by atoms with Gasteiger partial charge in [0.1, 0.15) is 0 Å². The van der Waals surface area contributed by atoms with E-state index in [1.165, 1.54) is 0 Å². The van der Waals surface area contributed by atoms with Crippen LogP contribution in [-0.4, -0.2) is 35.8 Å². The third-order valence-corrected chi connectivity index (χ3v) is 4.13. The molecule has 3 rings (SSSR count). The van der Waals surface area contributed by atoms with Crippen LogP contribution in [0.2, 0.25) is 0 Å². The van der Waals surface area contributed by atoms with E-state index < -0.39 is 11.9 Å². The van der Waals surface area contributed by atoms with Crippen LogP contribution in [0, 0.1) is 0 Å². The molecule has 0 atom stereocenters. The molecule has 0 radical (unpaired) electrons. The molecule has 2 aromatic carbocycles. The molecule has 0 saturated carbocycles. The Kier molecular flexibility index (Phi) is 5.63. The van der Waals surface area contributed by atoms with Crippen LogP contribution >= 0.6 is 0 Å². The maximum atomic E-state index is 12.0. The zero-order valence-corrected chi connectivity index (χ0v) is 14.3. The lowest BCUT2D eigenvalue weighted by Crippen LogP contribution is -2.23. The molecule has 0 aliphatic carbocycles. The minimum atomic E-state index is -0.558. The molecular weight excluding hydrogens is 332 g/mol. The smallest absolute Gasteiger partial charge is 0.338 e. The first-order chi connectivity index (χ1) is 12.6. The Balaban J connectivity index is 1.48. The highest BCUT2D eigenvalue weighted by atomic mass is 16.5. The van der Waals surface area contributed by atoms with Gasteiger partial charge in [0, 0.05) is 25.2 Å². The van der Waals surface area contributed by atoms with Gasteiger partial charge < -0.3 is 15.0 Å². The van der Waals surface area contributed by atoms with Crippen molar-refractivity contribution in [3.63, 3.8) is 0 Å². The predicted molar refractivity (Wildman–Crippen MR) is 96.4 cm³/mol. The van der Waals surface area contributed by atoms with Gasteiger partial charge in [-0.1, -0.05) is 30.3 Å². The minimum Gasteiger partial charge on any atom is -0.452 e. The van der Waals surface area contributed by atoms with Gasteiger partial charge in [0.25, 0.3) is 5.91 Å². The largest absolute Gasteiger partial charge is 0.452 e. The summed E-state index contributed by atoms with van der Waals surface area (Å²) in [5.74, 6) is -0.788. The Hall–Kier alpha value is -3.15. The van der Waals surface area contributed by atoms with Crippen molar-refractivity contribution >= 4 is 23.5 Å². The first kappa shape index (κ1) is 17.7. The Labute approximate surface area is 151 Å². The second kappa shape index (κ2) is 8.29. The number of nitrogens with zero attached hydrogens (tertiary/aromatic N) is 1. The monoisotopic (exact) mass is 352 g/mol. The van der Waals surface area contributed by atoms with Gasteiger partial charge in [-0.2, -0.15) is 0 Å². The van der Waals surface area contributed by atoms with E-state index in [1.807, 2.05) is 6.07 Å². The van der Waals surface area contributed by atoms with Gasteiger partial charge in [0.05, 0.1) is 5.56 Å². The van der Waals surface area contributed by atoms with Crippen molar-refractivity contribution < 1.29 is 19.1 Å². The van der Waals surface area contributed by atoms with E-state index in [2.05, 4.69) is 5.32 Å². The summed E-state index contributed by atoms with van der Waals surface area (Å²) in [6.45, 7) is 0.977. The highest BCUT2D eigenvalue weighted by molar-refractivity contribution is 5.95. The van der Waals surface area contributed by atoms with Crippen LogP contribution in [-0.2, 0) is 20.9 Å². The quantitative estimate of drug-likeness (QED) is 0.811. The molecule has 6 nitrogen and oxygen atoms in total. The third-order valence-electron chi connectivity index (χ3n) is 4.13. The summed E-state index contributed by atoms with van der Waals surface area (Å²) in [5, 5.41) is 2.65. The van der Waals surface area contributed by atoms with Crippen molar-refractivity contribution in [3.05, 3.63) is 65.7 Å². The molecule has 1 N–H and O–H groups in total. The number of nitrogens with one attached hydrogen (secondary N) is 1. The maximum absolute atomic E-state index is 12.0. The van der Waals surface area contributed by atoms with Crippen LogP contribution < -0.4 is 5.32 Å². The van der Waals surface area contributed by atoms with E-state index in [1.54, 1.807) is 53.4 Å². The van der Waals surface area contributed by atoms with Gasteiger partial charge in [0.15, 0.2) is 6.61 Å². The molecule has 1 aliphatic heterocycles. The summed E-state index contributed by atoms with van der Waals surface area (Å²) >= 11 is 0. The number of hydrogen-bond donors (Lipinski definition) is 1. The molecule has 1 saturated heterocycles. The van der Waals surface area contributed by atoms with E-state index in [4.69, 9.17) is 4.74 Å². The molecule has 1 heterocycles. The standard InChI is InChI=1S/C20H20N2O4/c23-18(21-17-5-2-1-3-6-17)14-26-20(25)16-10-8-15(9-11-16)13-22-12-4-7-19(22)24/h1-3,5-6,8-11H,4,7,12-14H2,(H,21,23). The topological polar surface area (TPSA) is 75.7 Å². The van der Waals surface area contributed by atoms with E-state index in [-0.39, 0.29) is 12.5 Å². The predicted octanol–water partition coefficient (Wildman–Crippen LogP) is 2.60. The van der Waals surface area contributed by atoms with E-state index in [9.17, 15) is 14.4 Å². The third kappa shape index (κ3) is 4.69. The molecule has 0 bridgehead atoms. The van der Waals surface area contributed by atoms with Crippen molar-refractivity contribution in [2.24, 2.45) is 0 Å². The summed E-state index contributed by atoms with van der Waals surface area (Å²) in [4.78, 5) is 37.3. The minimum absolute atomic E-state index is 0.165. The fraction of sp³-hybridized carbons (Fsp3) is 0.250. The lowest BCUT2D eigenvalue weighted by Gasteiger charge is -2.15. The van der Waals surface area contributed by atoms with Crippen molar-refractivity contribution in [2.75, 3.05) is 18.5 Å². The summed E-state index contributed by atoms with van der Waals surface area (Å²) in [5.41, 5.74) is 1.97. The Bertz CT molecular complexity index is 787. The molecule has 2 amide bonds. The van der Waals surface area contributed by atoms with E-state index in [0.29, 0.717) is 24.2 Å². The van der Waals surface area contributed by atoms with Crippen molar-refractivity contribution in [1.82, 2.24) is 4.90 Å². The van der Waals surface area contributed by atoms with Crippen LogP contribution in [0.3, 0.4) is 0 Å². The average Bonchev–Trinajstić information content (AvgIpc) is 3.06. The second-order valence-electron chi connectivity index (χ2n) is 6.11. The number of amides is 2. The first-order valence-corrected chi connectivity index (χ1v) is 8.50. The molecule has 0 spiro atoms. The van der Waals surface area contributed by atoms with Crippen molar-refractivity contribution in [1.29, 1.82) is 0 Å². The number of likely N-dealkylation sites (tertiary alicyclic amines) is 1. The molecule has 0 aromatic heterocycles. The number of para-hydroxylation sites is 1. The van der Waals surface area contributed by atoms with E-state index >= 15 is 0 Å². The van der Waals surface area contributed by atoms with Gasteiger partial charge in [-0.25, -0.2) is 4.79 Å². The van der Waals surface area contributed by atoms with Gasteiger partial charge in [-0.15, -0.1) is 0 Å². The average molecular weight is 352 g/mol.